The molecule has 5 nitrogen and oxygen atoms in total. The van der Waals surface area contributed by atoms with Crippen LogP contribution in [-0.4, -0.2) is 20.9 Å². The van der Waals surface area contributed by atoms with Gasteiger partial charge in [-0.2, -0.15) is 0 Å². The second-order valence-electron chi connectivity index (χ2n) is 5.64. The number of carbonyl (C=O) groups is 1. The molecule has 0 aliphatic heterocycles. The summed E-state index contributed by atoms with van der Waals surface area (Å²) >= 11 is 7.44. The third-order valence-electron chi connectivity index (χ3n) is 3.72. The molecule has 4 rings (SSSR count). The quantitative estimate of drug-likeness (QED) is 0.562. The third-order valence-corrected chi connectivity index (χ3v) is 4.87. The Morgan fingerprint density at radius 2 is 1.88 bits per heavy atom. The smallest absolute Gasteiger partial charge is 0.277 e. The topological polar surface area (TPSA) is 67.8 Å². The van der Waals surface area contributed by atoms with Crippen molar-refractivity contribution in [1.82, 2.24) is 15.0 Å². The minimum atomic E-state index is -0.327. The molecular formula is C19H13ClN4OS. The van der Waals surface area contributed by atoms with E-state index in [-0.39, 0.29) is 11.6 Å². The number of para-hydroxylation sites is 2. The van der Waals surface area contributed by atoms with Gasteiger partial charge in [-0.3, -0.25) is 15.1 Å². The highest BCUT2D eigenvalue weighted by molar-refractivity contribution is 7.15. The predicted octanol–water partition coefficient (Wildman–Crippen LogP) is 4.58. The number of nitrogens with zero attached hydrogens (tertiary/aromatic N) is 3. The summed E-state index contributed by atoms with van der Waals surface area (Å²) < 4.78 is 0. The molecule has 7 heteroatoms. The fraction of sp³-hybridized carbons (Fsp3) is 0.0526. The van der Waals surface area contributed by atoms with E-state index >= 15 is 0 Å². The number of carbonyl (C=O) groups excluding carboxylic acids is 1. The van der Waals surface area contributed by atoms with Crippen molar-refractivity contribution in [2.75, 3.05) is 5.32 Å². The van der Waals surface area contributed by atoms with Crippen molar-refractivity contribution in [3.05, 3.63) is 82.1 Å². The SMILES string of the molecule is O=C(Nc1ncc(Cc2cccc(Cl)c2)s1)c1cnc2ccccc2n1. The van der Waals surface area contributed by atoms with Crippen LogP contribution < -0.4 is 5.32 Å². The fourth-order valence-corrected chi connectivity index (χ4v) is 3.58. The molecule has 0 unspecified atom stereocenters. The van der Waals surface area contributed by atoms with Gasteiger partial charge in [-0.25, -0.2) is 9.97 Å². The van der Waals surface area contributed by atoms with Crippen LogP contribution in [0.1, 0.15) is 20.9 Å². The van der Waals surface area contributed by atoms with Crippen molar-refractivity contribution < 1.29 is 4.79 Å². The molecule has 0 atom stereocenters. The number of halogens is 1. The van der Waals surface area contributed by atoms with Crippen LogP contribution in [0.5, 0.6) is 0 Å². The number of rotatable bonds is 4. The van der Waals surface area contributed by atoms with Crippen LogP contribution in [0.15, 0.2) is 60.9 Å². The van der Waals surface area contributed by atoms with Crippen molar-refractivity contribution in [2.24, 2.45) is 0 Å². The zero-order chi connectivity index (χ0) is 17.9. The van der Waals surface area contributed by atoms with Crippen LogP contribution >= 0.6 is 22.9 Å². The lowest BCUT2D eigenvalue weighted by atomic mass is 10.1. The van der Waals surface area contributed by atoms with Crippen LogP contribution in [0.3, 0.4) is 0 Å². The van der Waals surface area contributed by atoms with Gasteiger partial charge in [0.25, 0.3) is 5.91 Å². The van der Waals surface area contributed by atoms with E-state index in [4.69, 9.17) is 11.6 Å². The Kier molecular flexibility index (Phi) is 4.60. The third kappa shape index (κ3) is 3.71. The second kappa shape index (κ2) is 7.19. The zero-order valence-corrected chi connectivity index (χ0v) is 15.1. The van der Waals surface area contributed by atoms with Gasteiger partial charge in [0, 0.05) is 22.5 Å². The summed E-state index contributed by atoms with van der Waals surface area (Å²) in [6.45, 7) is 0. The van der Waals surface area contributed by atoms with Crippen LogP contribution in [0.2, 0.25) is 5.02 Å². The number of nitrogens with one attached hydrogen (secondary N) is 1. The molecule has 0 bridgehead atoms. The Hall–Kier alpha value is -2.83. The Bertz CT molecular complexity index is 1100. The van der Waals surface area contributed by atoms with Gasteiger partial charge in [0.05, 0.1) is 17.2 Å². The summed E-state index contributed by atoms with van der Waals surface area (Å²) in [4.78, 5) is 26.3. The molecule has 0 aliphatic carbocycles. The van der Waals surface area contributed by atoms with E-state index in [0.717, 1.165) is 16.0 Å². The first-order valence-electron chi connectivity index (χ1n) is 7.90. The minimum Gasteiger partial charge on any atom is -0.296 e. The highest BCUT2D eigenvalue weighted by atomic mass is 35.5. The monoisotopic (exact) mass is 380 g/mol. The van der Waals surface area contributed by atoms with Gasteiger partial charge in [0.1, 0.15) is 5.69 Å². The van der Waals surface area contributed by atoms with Gasteiger partial charge in [-0.1, -0.05) is 35.9 Å². The van der Waals surface area contributed by atoms with E-state index in [1.807, 2.05) is 48.5 Å². The van der Waals surface area contributed by atoms with E-state index in [9.17, 15) is 4.79 Å². The second-order valence-corrected chi connectivity index (χ2v) is 7.19. The van der Waals surface area contributed by atoms with Gasteiger partial charge >= 0.3 is 0 Å². The van der Waals surface area contributed by atoms with Gasteiger partial charge in [0.15, 0.2) is 5.13 Å². The molecule has 0 saturated heterocycles. The first-order chi connectivity index (χ1) is 12.7. The normalized spacial score (nSPS) is 10.8. The first kappa shape index (κ1) is 16.6. The fourth-order valence-electron chi connectivity index (χ4n) is 2.52. The van der Waals surface area contributed by atoms with Crippen molar-refractivity contribution in [3.8, 4) is 0 Å². The largest absolute Gasteiger partial charge is 0.296 e. The molecule has 0 aliphatic rings. The molecule has 2 heterocycles. The van der Waals surface area contributed by atoms with E-state index in [1.165, 1.54) is 17.5 Å². The Morgan fingerprint density at radius 3 is 2.73 bits per heavy atom. The van der Waals surface area contributed by atoms with Crippen molar-refractivity contribution in [3.63, 3.8) is 0 Å². The van der Waals surface area contributed by atoms with Crippen molar-refractivity contribution in [2.45, 2.75) is 6.42 Å². The lowest BCUT2D eigenvalue weighted by molar-refractivity contribution is 0.102. The molecule has 4 aromatic rings. The average Bonchev–Trinajstić information content (AvgIpc) is 3.08. The maximum absolute atomic E-state index is 12.4. The molecule has 0 saturated carbocycles. The minimum absolute atomic E-state index is 0.260. The summed E-state index contributed by atoms with van der Waals surface area (Å²) in [5.41, 5.74) is 2.79. The number of amides is 1. The predicted molar refractivity (Wildman–Crippen MR) is 104 cm³/mol. The number of hydrogen-bond donors (Lipinski definition) is 1. The van der Waals surface area contributed by atoms with E-state index in [1.54, 1.807) is 6.20 Å². The lowest BCUT2D eigenvalue weighted by Crippen LogP contribution is -2.13. The van der Waals surface area contributed by atoms with Crippen LogP contribution in [0.4, 0.5) is 5.13 Å². The van der Waals surface area contributed by atoms with Crippen LogP contribution in [0.25, 0.3) is 11.0 Å². The standard InChI is InChI=1S/C19H13ClN4OS/c20-13-5-3-4-12(8-13)9-14-10-22-19(26-14)24-18(25)17-11-21-15-6-1-2-7-16(15)23-17/h1-8,10-11H,9H2,(H,22,24,25). The van der Waals surface area contributed by atoms with Crippen molar-refractivity contribution >= 4 is 45.0 Å². The number of thiazole rings is 1. The number of fused-ring (bicyclic) bond motifs is 1. The van der Waals surface area contributed by atoms with Crippen LogP contribution in [0, 0.1) is 0 Å². The van der Waals surface area contributed by atoms with Crippen molar-refractivity contribution in [1.29, 1.82) is 0 Å². The summed E-state index contributed by atoms with van der Waals surface area (Å²) in [6, 6.07) is 15.1. The molecule has 1 N–H and O–H groups in total. The molecule has 0 spiro atoms. The highest BCUT2D eigenvalue weighted by Crippen LogP contribution is 2.23. The van der Waals surface area contributed by atoms with Crippen LogP contribution in [-0.2, 0) is 6.42 Å². The summed E-state index contributed by atoms with van der Waals surface area (Å²) in [7, 11) is 0. The van der Waals surface area contributed by atoms with E-state index in [0.29, 0.717) is 22.1 Å². The van der Waals surface area contributed by atoms with E-state index < -0.39 is 0 Å². The van der Waals surface area contributed by atoms with E-state index in [2.05, 4.69) is 20.3 Å². The summed E-state index contributed by atoms with van der Waals surface area (Å²) in [6.07, 6.45) is 3.94. The summed E-state index contributed by atoms with van der Waals surface area (Å²) in [5.74, 6) is -0.327. The molecule has 2 aromatic carbocycles. The molecular weight excluding hydrogens is 368 g/mol. The number of benzene rings is 2. The van der Waals surface area contributed by atoms with Gasteiger partial charge in [0.2, 0.25) is 0 Å². The van der Waals surface area contributed by atoms with Gasteiger partial charge in [-0.05, 0) is 29.8 Å². The molecule has 0 fully saturated rings. The molecule has 2 aromatic heterocycles. The summed E-state index contributed by atoms with van der Waals surface area (Å²) in [5, 5.41) is 4.01. The molecule has 1 amide bonds. The maximum atomic E-state index is 12.4. The highest BCUT2D eigenvalue weighted by Gasteiger charge is 2.12. The van der Waals surface area contributed by atoms with Gasteiger partial charge < -0.3 is 0 Å². The first-order valence-corrected chi connectivity index (χ1v) is 9.09. The average molecular weight is 381 g/mol. The number of aromatic nitrogens is 3. The molecule has 0 radical (unpaired) electrons. The number of anilines is 1. The Morgan fingerprint density at radius 1 is 1.04 bits per heavy atom. The lowest BCUT2D eigenvalue weighted by Gasteiger charge is -2.02. The number of hydrogen-bond acceptors (Lipinski definition) is 5. The zero-order valence-electron chi connectivity index (χ0n) is 13.5. The Balaban J connectivity index is 1.48. The molecule has 26 heavy (non-hydrogen) atoms. The maximum Gasteiger partial charge on any atom is 0.277 e. The molecule has 128 valence electrons. The van der Waals surface area contributed by atoms with Gasteiger partial charge in [-0.15, -0.1) is 11.3 Å². The Labute approximate surface area is 158 Å².